The van der Waals surface area contributed by atoms with E-state index in [0.717, 1.165) is 94.0 Å². The third-order valence-corrected chi connectivity index (χ3v) is 18.0. The number of likely N-dealkylation sites (tertiary alicyclic amines) is 2. The van der Waals surface area contributed by atoms with Crippen LogP contribution in [0, 0.1) is 23.0 Å². The summed E-state index contributed by atoms with van der Waals surface area (Å²) in [6, 6.07) is 20.0. The Morgan fingerprint density at radius 3 is 2.37 bits per heavy atom. The molecule has 5 N–H and O–H groups in total. The van der Waals surface area contributed by atoms with Crippen LogP contribution in [0.5, 0.6) is 11.5 Å². The molecule has 1 aromatic heterocycles. The number of rotatable bonds is 13. The first-order chi connectivity index (χ1) is 36.2. The number of aromatic nitrogens is 2. The number of carbonyl (C=O) groups excluding carboxylic acids is 4. The molecule has 5 aromatic rings. The first kappa shape index (κ1) is 51.0. The monoisotopic (exact) mass is 1050 g/mol. The number of amides is 5. The minimum atomic E-state index is -1.10. The van der Waals surface area contributed by atoms with Gasteiger partial charge < -0.3 is 30.5 Å². The van der Waals surface area contributed by atoms with Crippen LogP contribution in [0.25, 0.3) is 22.0 Å². The molecule has 2 saturated carbocycles. The van der Waals surface area contributed by atoms with Gasteiger partial charge in [0.25, 0.3) is 0 Å². The van der Waals surface area contributed by atoms with E-state index in [9.17, 15) is 24.3 Å². The first-order valence-corrected chi connectivity index (χ1v) is 27.0. The molecule has 1 spiro atoms. The van der Waals surface area contributed by atoms with Gasteiger partial charge in [0, 0.05) is 105 Å². The summed E-state index contributed by atoms with van der Waals surface area (Å²) in [5.74, 6) is -2.38. The maximum Gasteiger partial charge on any atom is 0.329 e. The molecule has 15 nitrogen and oxygen atoms in total. The van der Waals surface area contributed by atoms with Crippen LogP contribution in [-0.4, -0.2) is 113 Å². The number of nitrogens with zero attached hydrogens (tertiary/aromatic N) is 5. The van der Waals surface area contributed by atoms with Gasteiger partial charge in [0.2, 0.25) is 17.7 Å². The van der Waals surface area contributed by atoms with Gasteiger partial charge >= 0.3 is 6.03 Å². The van der Waals surface area contributed by atoms with E-state index in [-0.39, 0.29) is 76.6 Å². The van der Waals surface area contributed by atoms with E-state index in [1.54, 1.807) is 4.90 Å². The lowest BCUT2D eigenvalue weighted by molar-refractivity contribution is -0.139. The van der Waals surface area contributed by atoms with E-state index in [2.05, 4.69) is 43.7 Å². The number of imide groups is 1. The van der Waals surface area contributed by atoms with Crippen LogP contribution in [0.3, 0.4) is 0 Å². The molecule has 5 fully saturated rings. The zero-order chi connectivity index (χ0) is 52.3. The van der Waals surface area contributed by atoms with Crippen molar-refractivity contribution < 1.29 is 42.5 Å². The van der Waals surface area contributed by atoms with Gasteiger partial charge in [-0.15, -0.1) is 0 Å². The minimum absolute atomic E-state index is 0.0426. The van der Waals surface area contributed by atoms with Gasteiger partial charge in [-0.2, -0.15) is 5.10 Å². The number of benzene rings is 4. The number of hydrogen-bond acceptors (Lipinski definition) is 10. The molecule has 4 aromatic carbocycles. The fourth-order valence-corrected chi connectivity index (χ4v) is 13.7. The molecule has 11 rings (SSSR count). The summed E-state index contributed by atoms with van der Waals surface area (Å²) in [5.41, 5.74) is 8.01. The van der Waals surface area contributed by atoms with Crippen LogP contribution in [0.1, 0.15) is 116 Å². The van der Waals surface area contributed by atoms with Crippen molar-refractivity contribution in [3.8, 4) is 22.6 Å². The number of aliphatic hydroxyl groups is 1. The molecule has 4 aliphatic heterocycles. The van der Waals surface area contributed by atoms with Gasteiger partial charge in [0.05, 0.1) is 22.7 Å². The average Bonchev–Trinajstić information content (AvgIpc) is 3.91. The number of hydrogen-bond donors (Lipinski definition) is 4. The minimum Gasteiger partial charge on any atom is -0.488 e. The Hall–Kier alpha value is -6.14. The topological polar surface area (TPSA) is 185 Å². The Bertz CT molecular complexity index is 3030. The third-order valence-electron chi connectivity index (χ3n) is 17.7. The van der Waals surface area contributed by atoms with Gasteiger partial charge in [-0.05, 0) is 111 Å². The highest BCUT2D eigenvalue weighted by molar-refractivity contribution is 6.34. The summed E-state index contributed by atoms with van der Waals surface area (Å²) < 4.78 is 46.5. The van der Waals surface area contributed by atoms with Crippen molar-refractivity contribution in [3.05, 3.63) is 106 Å². The van der Waals surface area contributed by atoms with Crippen molar-refractivity contribution >= 4 is 52.1 Å². The molecule has 5 amide bonds. The van der Waals surface area contributed by atoms with Crippen LogP contribution in [0.2, 0.25) is 5.02 Å². The highest BCUT2D eigenvalue weighted by atomic mass is 35.5. The van der Waals surface area contributed by atoms with Gasteiger partial charge in [0.1, 0.15) is 18.2 Å². The maximum absolute atomic E-state index is 16.5. The fraction of sp³-hybridized carbons (Fsp3) is 0.491. The predicted molar refractivity (Wildman–Crippen MR) is 280 cm³/mol. The van der Waals surface area contributed by atoms with Crippen molar-refractivity contribution in [3.63, 3.8) is 0 Å². The second kappa shape index (κ2) is 20.4. The molecular weight excluding hydrogens is 982 g/mol. The number of primary amides is 1. The van der Waals surface area contributed by atoms with Crippen LogP contribution in [-0.2, 0) is 22.2 Å². The van der Waals surface area contributed by atoms with Crippen LogP contribution in [0.4, 0.5) is 19.4 Å². The van der Waals surface area contributed by atoms with E-state index in [1.807, 2.05) is 49.0 Å². The number of fused-ring (bicyclic) bond motifs is 2. The quantitative estimate of drug-likeness (QED) is 0.0895. The summed E-state index contributed by atoms with van der Waals surface area (Å²) >= 11 is 6.74. The number of urea groups is 1. The molecular formula is C57H65ClF2N8O7. The molecule has 6 aliphatic rings. The molecule has 5 heterocycles. The maximum atomic E-state index is 16.5. The van der Waals surface area contributed by atoms with Crippen LogP contribution >= 0.6 is 11.6 Å². The van der Waals surface area contributed by atoms with Crippen molar-refractivity contribution in [2.45, 2.75) is 107 Å². The number of nitrogens with one attached hydrogen (secondary N) is 2. The lowest BCUT2D eigenvalue weighted by Gasteiger charge is -2.57. The summed E-state index contributed by atoms with van der Waals surface area (Å²) in [4.78, 5) is 57.5. The molecule has 0 radical (unpaired) electrons. The zero-order valence-electron chi connectivity index (χ0n) is 42.5. The highest BCUT2D eigenvalue weighted by Crippen LogP contribution is 2.57. The second-order valence-electron chi connectivity index (χ2n) is 21.9. The molecule has 2 aliphatic carbocycles. The van der Waals surface area contributed by atoms with E-state index in [0.29, 0.717) is 41.8 Å². The average molecular weight is 1050 g/mol. The highest BCUT2D eigenvalue weighted by Gasteiger charge is 2.51. The van der Waals surface area contributed by atoms with Gasteiger partial charge in [-0.3, -0.25) is 34.2 Å². The van der Waals surface area contributed by atoms with Crippen LogP contribution < -0.4 is 30.7 Å². The number of carbonyl (C=O) groups is 4. The van der Waals surface area contributed by atoms with Crippen molar-refractivity contribution in [1.82, 2.24) is 30.2 Å². The van der Waals surface area contributed by atoms with Crippen LogP contribution in [0.15, 0.2) is 66.7 Å². The number of anilines is 1. The molecule has 2 unspecified atom stereocenters. The summed E-state index contributed by atoms with van der Waals surface area (Å²) in [5, 5.41) is 20.7. The lowest BCUT2D eigenvalue weighted by atomic mass is 9.64. The summed E-state index contributed by atoms with van der Waals surface area (Å²) in [7, 11) is 1.90. The lowest BCUT2D eigenvalue weighted by Crippen LogP contribution is -2.62. The Balaban J connectivity index is 0.680. The molecule has 2 atom stereocenters. The SMILES string of the molecule is CC1c2c(cc(F)c(Cl)c2-c2c(C(N)=O)ccc(OCCO)c2F)OC1(CNC1CCC(C(=O)N2CCC(N3CC4(CCC(c5ccc6c(N7CCC(=O)NC7=O)nn(C)c6c5)CC4)C3)CC2)CC1)c1ccccc1. The third kappa shape index (κ3) is 9.30. The van der Waals surface area contributed by atoms with E-state index < -0.39 is 35.1 Å². The van der Waals surface area contributed by atoms with Gasteiger partial charge in [-0.1, -0.05) is 54.9 Å². The first-order valence-electron chi connectivity index (χ1n) is 26.6. The fourth-order valence-electron chi connectivity index (χ4n) is 13.5. The normalized spacial score (nSPS) is 24.3. The summed E-state index contributed by atoms with van der Waals surface area (Å²) in [6.07, 6.45) is 9.99. The Morgan fingerprint density at radius 1 is 0.947 bits per heavy atom. The predicted octanol–water partition coefficient (Wildman–Crippen LogP) is 8.28. The van der Waals surface area contributed by atoms with E-state index >= 15 is 8.78 Å². The number of aryl methyl sites for hydroxylation is 1. The molecule has 3 saturated heterocycles. The van der Waals surface area contributed by atoms with Crippen molar-refractivity contribution in [2.24, 2.45) is 24.1 Å². The number of halogens is 3. The van der Waals surface area contributed by atoms with Gasteiger partial charge in [-0.25, -0.2) is 13.6 Å². The molecule has 396 valence electrons. The second-order valence-corrected chi connectivity index (χ2v) is 22.3. The Kier molecular flexibility index (Phi) is 13.9. The Labute approximate surface area is 440 Å². The largest absolute Gasteiger partial charge is 0.488 e. The smallest absolute Gasteiger partial charge is 0.329 e. The van der Waals surface area contributed by atoms with Crippen molar-refractivity contribution in [1.29, 1.82) is 0 Å². The number of nitrogens with two attached hydrogens (primary N) is 1. The Morgan fingerprint density at radius 2 is 1.68 bits per heavy atom. The van der Waals surface area contributed by atoms with E-state index in [4.69, 9.17) is 26.8 Å². The number of aliphatic hydroxyl groups excluding tert-OH is 1. The van der Waals surface area contributed by atoms with Gasteiger partial charge in [0.15, 0.2) is 23.0 Å². The number of piperidine rings is 1. The van der Waals surface area contributed by atoms with Crippen molar-refractivity contribution in [2.75, 3.05) is 57.4 Å². The van der Waals surface area contributed by atoms with E-state index in [1.165, 1.54) is 36.6 Å². The standard InChI is InChI=1S/C57H65ClF2N8O7/c1-33-47-45(29-42(59)50(58)49(47)48-41(52(61)71)14-15-44(51(48)60)74-27-26-69)75-57(33,37-6-4-3-5-7-37)30-62-38-11-8-35(9-12-38)54(72)66-23-18-39(19-24-66)67-31-56(32-67)21-16-34(17-22-56)36-10-13-40-43(28-36)65(2)64-53(40)68-25-20-46(70)63-55(68)73/h3-7,10,13-15,28-29,33-35,38-39,62,69H,8-9,11-12,16-27,30-32H2,1-2H3,(H2,61,71)(H,63,70,73). The molecule has 0 bridgehead atoms. The summed E-state index contributed by atoms with van der Waals surface area (Å²) in [6.45, 7) is 5.75. The molecule has 18 heteroatoms. The molecule has 75 heavy (non-hydrogen) atoms. The zero-order valence-corrected chi connectivity index (χ0v) is 43.3. The number of ether oxygens (including phenoxy) is 2.